The zero-order valence-corrected chi connectivity index (χ0v) is 8.87. The number of hydrogen-bond donors (Lipinski definition) is 2. The van der Waals surface area contributed by atoms with Crippen molar-refractivity contribution >= 4 is 11.7 Å². The van der Waals surface area contributed by atoms with Gasteiger partial charge in [-0.3, -0.25) is 4.79 Å². The molecule has 0 aliphatic rings. The first-order chi connectivity index (χ1) is 6.68. The van der Waals surface area contributed by atoms with E-state index < -0.39 is 5.97 Å². The van der Waals surface area contributed by atoms with Gasteiger partial charge in [0, 0.05) is 5.69 Å². The third kappa shape index (κ3) is 5.19. The van der Waals surface area contributed by atoms with Gasteiger partial charge in [-0.15, -0.1) is 0 Å². The lowest BCUT2D eigenvalue weighted by Gasteiger charge is -2.02. The van der Waals surface area contributed by atoms with Gasteiger partial charge in [-0.25, -0.2) is 0 Å². The van der Waals surface area contributed by atoms with E-state index in [1.807, 2.05) is 45.0 Å². The molecule has 0 amide bonds. The molecule has 0 saturated carbocycles. The summed E-state index contributed by atoms with van der Waals surface area (Å²) >= 11 is 0. The number of aryl methyl sites for hydroxylation is 1. The number of benzene rings is 1. The van der Waals surface area contributed by atoms with E-state index in [0.717, 1.165) is 11.3 Å². The maximum atomic E-state index is 10.2. The lowest BCUT2D eigenvalue weighted by Crippen LogP contribution is -2.12. The van der Waals surface area contributed by atoms with Gasteiger partial charge >= 0.3 is 5.97 Å². The first-order valence-electron chi connectivity index (χ1n) is 4.71. The van der Waals surface area contributed by atoms with Gasteiger partial charge in [0.25, 0.3) is 0 Å². The van der Waals surface area contributed by atoms with Gasteiger partial charge in [0.2, 0.25) is 0 Å². The van der Waals surface area contributed by atoms with Crippen molar-refractivity contribution in [1.82, 2.24) is 0 Å². The van der Waals surface area contributed by atoms with E-state index in [4.69, 9.17) is 5.11 Å². The van der Waals surface area contributed by atoms with Crippen LogP contribution in [0.15, 0.2) is 24.3 Å². The molecule has 78 valence electrons. The topological polar surface area (TPSA) is 49.3 Å². The predicted molar refractivity (Wildman–Crippen MR) is 58.7 cm³/mol. The Morgan fingerprint density at radius 3 is 2.57 bits per heavy atom. The summed E-state index contributed by atoms with van der Waals surface area (Å²) < 4.78 is 0. The van der Waals surface area contributed by atoms with Crippen molar-refractivity contribution in [2.75, 3.05) is 11.9 Å². The molecule has 0 bridgehead atoms. The van der Waals surface area contributed by atoms with Gasteiger partial charge < -0.3 is 10.4 Å². The molecule has 0 fully saturated rings. The van der Waals surface area contributed by atoms with E-state index in [-0.39, 0.29) is 6.54 Å². The van der Waals surface area contributed by atoms with E-state index in [1.54, 1.807) is 0 Å². The van der Waals surface area contributed by atoms with Crippen molar-refractivity contribution < 1.29 is 9.90 Å². The molecular weight excluding hydrogens is 178 g/mol. The van der Waals surface area contributed by atoms with Gasteiger partial charge in [-0.2, -0.15) is 0 Å². The zero-order chi connectivity index (χ0) is 11.0. The highest BCUT2D eigenvalue weighted by Gasteiger charge is 1.95. The van der Waals surface area contributed by atoms with Crippen LogP contribution < -0.4 is 5.32 Å². The summed E-state index contributed by atoms with van der Waals surface area (Å²) in [6.07, 6.45) is 0. The smallest absolute Gasteiger partial charge is 0.322 e. The number of carboxylic acids is 1. The normalized spacial score (nSPS) is 8.50. The largest absolute Gasteiger partial charge is 0.480 e. The predicted octanol–water partition coefficient (Wildman–Crippen LogP) is 2.52. The van der Waals surface area contributed by atoms with Crippen molar-refractivity contribution in [2.45, 2.75) is 20.8 Å². The van der Waals surface area contributed by atoms with Crippen molar-refractivity contribution in [3.8, 4) is 0 Å². The Kier molecular flexibility index (Phi) is 6.20. The van der Waals surface area contributed by atoms with Gasteiger partial charge in [0.05, 0.1) is 0 Å². The molecule has 0 aliphatic heterocycles. The van der Waals surface area contributed by atoms with Crippen molar-refractivity contribution in [2.24, 2.45) is 0 Å². The number of carbonyl (C=O) groups is 1. The van der Waals surface area contributed by atoms with Crippen LogP contribution in [0.2, 0.25) is 0 Å². The summed E-state index contributed by atoms with van der Waals surface area (Å²) in [5.41, 5.74) is 1.96. The quantitative estimate of drug-likeness (QED) is 0.779. The summed E-state index contributed by atoms with van der Waals surface area (Å²) in [7, 11) is 0. The fourth-order valence-corrected chi connectivity index (χ4v) is 0.933. The average Bonchev–Trinajstić information content (AvgIpc) is 2.18. The summed E-state index contributed by atoms with van der Waals surface area (Å²) in [5.74, 6) is -0.850. The molecule has 0 unspecified atom stereocenters. The highest BCUT2D eigenvalue weighted by Crippen LogP contribution is 2.08. The summed E-state index contributed by atoms with van der Waals surface area (Å²) in [6, 6.07) is 7.60. The molecule has 0 aromatic heterocycles. The van der Waals surface area contributed by atoms with E-state index in [2.05, 4.69) is 5.32 Å². The van der Waals surface area contributed by atoms with Crippen molar-refractivity contribution in [3.63, 3.8) is 0 Å². The number of rotatable bonds is 3. The maximum absolute atomic E-state index is 10.2. The van der Waals surface area contributed by atoms with Crippen molar-refractivity contribution in [3.05, 3.63) is 29.8 Å². The second-order valence-electron chi connectivity index (χ2n) is 2.62. The maximum Gasteiger partial charge on any atom is 0.322 e. The molecule has 2 N–H and O–H groups in total. The van der Waals surface area contributed by atoms with Gasteiger partial charge in [0.15, 0.2) is 0 Å². The minimum atomic E-state index is -0.850. The summed E-state index contributed by atoms with van der Waals surface area (Å²) in [5, 5.41) is 11.2. The van der Waals surface area contributed by atoms with Crippen LogP contribution in [-0.4, -0.2) is 17.6 Å². The van der Waals surface area contributed by atoms with Crippen LogP contribution in [-0.2, 0) is 4.79 Å². The lowest BCUT2D eigenvalue weighted by molar-refractivity contribution is -0.134. The monoisotopic (exact) mass is 195 g/mol. The molecule has 3 nitrogen and oxygen atoms in total. The average molecular weight is 195 g/mol. The van der Waals surface area contributed by atoms with Gasteiger partial charge in [-0.1, -0.05) is 26.0 Å². The van der Waals surface area contributed by atoms with Crippen LogP contribution in [0.5, 0.6) is 0 Å². The Hall–Kier alpha value is -1.51. The number of aliphatic carboxylic acids is 1. The minimum Gasteiger partial charge on any atom is -0.480 e. The van der Waals surface area contributed by atoms with E-state index in [0.29, 0.717) is 0 Å². The standard InChI is InChI=1S/C9H11NO2.C2H6/c1-7-3-2-4-8(5-7)10-6-9(11)12;1-2/h2-5,10H,6H2,1H3,(H,11,12);1-2H3. The molecule has 0 saturated heterocycles. The van der Waals surface area contributed by atoms with Crippen molar-refractivity contribution in [1.29, 1.82) is 0 Å². The van der Waals surface area contributed by atoms with Crippen LogP contribution in [0.4, 0.5) is 5.69 Å². The Bertz CT molecular complexity index is 284. The van der Waals surface area contributed by atoms with E-state index >= 15 is 0 Å². The molecule has 0 atom stereocenters. The van der Waals surface area contributed by atoms with Gasteiger partial charge in [0.1, 0.15) is 6.54 Å². The Balaban J connectivity index is 0.000000791. The summed E-state index contributed by atoms with van der Waals surface area (Å²) in [6.45, 7) is 5.93. The second-order valence-corrected chi connectivity index (χ2v) is 2.62. The SMILES string of the molecule is CC.Cc1cccc(NCC(=O)O)c1. The highest BCUT2D eigenvalue weighted by atomic mass is 16.4. The molecule has 0 aliphatic carbocycles. The molecule has 14 heavy (non-hydrogen) atoms. The molecule has 1 rings (SSSR count). The van der Waals surface area contributed by atoms with Crippen LogP contribution >= 0.6 is 0 Å². The van der Waals surface area contributed by atoms with Crippen LogP contribution in [0.3, 0.4) is 0 Å². The third-order valence-electron chi connectivity index (χ3n) is 1.46. The Morgan fingerprint density at radius 1 is 1.43 bits per heavy atom. The molecule has 0 spiro atoms. The molecule has 1 aromatic carbocycles. The first-order valence-corrected chi connectivity index (χ1v) is 4.71. The Labute approximate surface area is 84.8 Å². The molecular formula is C11H17NO2. The van der Waals surface area contributed by atoms with E-state index in [9.17, 15) is 4.79 Å². The molecule has 3 heteroatoms. The fourth-order valence-electron chi connectivity index (χ4n) is 0.933. The molecule has 0 heterocycles. The van der Waals surface area contributed by atoms with Crippen LogP contribution in [0.25, 0.3) is 0 Å². The lowest BCUT2D eigenvalue weighted by atomic mass is 10.2. The number of hydrogen-bond acceptors (Lipinski definition) is 2. The van der Waals surface area contributed by atoms with E-state index in [1.165, 1.54) is 0 Å². The van der Waals surface area contributed by atoms with Gasteiger partial charge in [-0.05, 0) is 24.6 Å². The van der Waals surface area contributed by atoms with Crippen LogP contribution in [0.1, 0.15) is 19.4 Å². The highest BCUT2D eigenvalue weighted by molar-refractivity contribution is 5.72. The number of anilines is 1. The number of carboxylic acid groups (broad SMARTS) is 1. The zero-order valence-electron chi connectivity index (χ0n) is 8.87. The Morgan fingerprint density at radius 2 is 2.07 bits per heavy atom. The fraction of sp³-hybridized carbons (Fsp3) is 0.364. The first kappa shape index (κ1) is 12.5. The molecule has 0 radical (unpaired) electrons. The number of nitrogens with one attached hydrogen (secondary N) is 1. The second kappa shape index (κ2) is 6.95. The van der Waals surface area contributed by atoms with Crippen LogP contribution in [0, 0.1) is 6.92 Å². The summed E-state index contributed by atoms with van der Waals surface area (Å²) in [4.78, 5) is 10.2. The molecule has 1 aromatic rings. The third-order valence-corrected chi connectivity index (χ3v) is 1.46. The minimum absolute atomic E-state index is 0.0382.